The zero-order valence-corrected chi connectivity index (χ0v) is 9.71. The Hall–Kier alpha value is -0.570. The van der Waals surface area contributed by atoms with Crippen LogP contribution in [0.3, 0.4) is 0 Å². The van der Waals surface area contributed by atoms with Crippen molar-refractivity contribution in [2.45, 2.75) is 26.2 Å². The van der Waals surface area contributed by atoms with Crippen LogP contribution < -0.4 is 0 Å². The van der Waals surface area contributed by atoms with Crippen molar-refractivity contribution < 1.29 is 9.21 Å². The Labute approximate surface area is 91.8 Å². The van der Waals surface area contributed by atoms with Crippen LogP contribution in [-0.4, -0.2) is 5.78 Å². The van der Waals surface area contributed by atoms with Crippen LogP contribution in [0.25, 0.3) is 0 Å². The van der Waals surface area contributed by atoms with E-state index in [4.69, 9.17) is 4.42 Å². The molecule has 1 aromatic heterocycles. The Kier molecular flexibility index (Phi) is 2.77. The molecule has 1 heterocycles. The van der Waals surface area contributed by atoms with Gasteiger partial charge in [-0.15, -0.1) is 0 Å². The quantitative estimate of drug-likeness (QED) is 0.757. The smallest absolute Gasteiger partial charge is 0.202 e. The van der Waals surface area contributed by atoms with E-state index in [1.807, 2.05) is 0 Å². The van der Waals surface area contributed by atoms with Crippen LogP contribution in [0.5, 0.6) is 0 Å². The second-order valence-corrected chi connectivity index (χ2v) is 4.83. The molecule has 1 saturated carbocycles. The van der Waals surface area contributed by atoms with E-state index in [2.05, 4.69) is 22.9 Å². The average Bonchev–Trinajstić information content (AvgIpc) is 2.73. The van der Waals surface area contributed by atoms with Crippen LogP contribution in [-0.2, 0) is 0 Å². The third-order valence-electron chi connectivity index (χ3n) is 3.04. The maximum absolute atomic E-state index is 12.0. The fraction of sp³-hybridized carbons (Fsp3) is 0.545. The molecule has 14 heavy (non-hydrogen) atoms. The molecule has 2 unspecified atom stereocenters. The van der Waals surface area contributed by atoms with E-state index >= 15 is 0 Å². The molecular formula is C11H13BrO2. The van der Waals surface area contributed by atoms with Gasteiger partial charge in [-0.3, -0.25) is 4.79 Å². The highest BCUT2D eigenvalue weighted by atomic mass is 79.9. The van der Waals surface area contributed by atoms with Crippen LogP contribution in [0, 0.1) is 11.8 Å². The van der Waals surface area contributed by atoms with Gasteiger partial charge >= 0.3 is 0 Å². The maximum Gasteiger partial charge on any atom is 0.202 e. The number of hydrogen-bond donors (Lipinski definition) is 0. The van der Waals surface area contributed by atoms with Crippen molar-refractivity contribution in [3.8, 4) is 0 Å². The minimum atomic E-state index is 0.159. The Bertz CT molecular complexity index is 343. The van der Waals surface area contributed by atoms with Crippen molar-refractivity contribution in [1.82, 2.24) is 0 Å². The van der Waals surface area contributed by atoms with E-state index in [1.54, 1.807) is 12.3 Å². The molecule has 1 aliphatic rings. The minimum absolute atomic E-state index is 0.159. The van der Waals surface area contributed by atoms with Gasteiger partial charge in [-0.2, -0.15) is 0 Å². The van der Waals surface area contributed by atoms with Crippen molar-refractivity contribution in [1.29, 1.82) is 0 Å². The van der Waals surface area contributed by atoms with Crippen LogP contribution in [0.1, 0.15) is 36.7 Å². The van der Waals surface area contributed by atoms with Crippen molar-refractivity contribution in [3.63, 3.8) is 0 Å². The number of rotatable bonds is 2. The lowest BCUT2D eigenvalue weighted by atomic mass is 9.92. The Balaban J connectivity index is 2.20. The molecule has 0 N–H and O–H groups in total. The summed E-state index contributed by atoms with van der Waals surface area (Å²) in [6.45, 7) is 2.15. The first-order valence-corrected chi connectivity index (χ1v) is 5.76. The van der Waals surface area contributed by atoms with Gasteiger partial charge in [0, 0.05) is 5.92 Å². The summed E-state index contributed by atoms with van der Waals surface area (Å²) >= 11 is 3.32. The van der Waals surface area contributed by atoms with E-state index < -0.39 is 0 Å². The van der Waals surface area contributed by atoms with Crippen molar-refractivity contribution >= 4 is 21.7 Å². The summed E-state index contributed by atoms with van der Waals surface area (Å²) in [5.74, 6) is 1.31. The summed E-state index contributed by atoms with van der Waals surface area (Å²) in [7, 11) is 0. The van der Waals surface area contributed by atoms with Gasteiger partial charge in [0.15, 0.2) is 5.76 Å². The van der Waals surface area contributed by atoms with Gasteiger partial charge in [0.05, 0.1) is 10.7 Å². The highest BCUT2D eigenvalue weighted by Gasteiger charge is 2.32. The van der Waals surface area contributed by atoms with E-state index in [1.165, 1.54) is 0 Å². The molecule has 1 aromatic rings. The minimum Gasteiger partial charge on any atom is -0.460 e. The molecule has 0 radical (unpaired) electrons. The Morgan fingerprint density at radius 2 is 2.36 bits per heavy atom. The number of halogens is 1. The molecule has 2 atom stereocenters. The lowest BCUT2D eigenvalue weighted by molar-refractivity contribution is 0.0867. The van der Waals surface area contributed by atoms with E-state index in [0.717, 1.165) is 23.7 Å². The number of furan rings is 1. The summed E-state index contributed by atoms with van der Waals surface area (Å²) in [6.07, 6.45) is 4.88. The number of Topliss-reactive ketones (excluding diaryl/α,β-unsaturated/α-hetero) is 1. The number of hydrogen-bond acceptors (Lipinski definition) is 2. The van der Waals surface area contributed by atoms with Gasteiger partial charge in [-0.05, 0) is 40.8 Å². The molecular weight excluding hydrogens is 244 g/mol. The molecule has 76 valence electrons. The molecule has 2 rings (SSSR count). The molecule has 0 aromatic carbocycles. The summed E-state index contributed by atoms with van der Waals surface area (Å²) in [4.78, 5) is 12.0. The van der Waals surface area contributed by atoms with Crippen LogP contribution in [0.15, 0.2) is 21.2 Å². The maximum atomic E-state index is 12.0. The first kappa shape index (κ1) is 9.97. The summed E-state index contributed by atoms with van der Waals surface area (Å²) in [5, 5.41) is 0. The van der Waals surface area contributed by atoms with Crippen LogP contribution >= 0.6 is 15.9 Å². The van der Waals surface area contributed by atoms with Gasteiger partial charge in [0.2, 0.25) is 5.78 Å². The highest BCUT2D eigenvalue weighted by Crippen LogP contribution is 2.35. The van der Waals surface area contributed by atoms with E-state index in [0.29, 0.717) is 11.7 Å². The largest absolute Gasteiger partial charge is 0.460 e. The lowest BCUT2D eigenvalue weighted by Crippen LogP contribution is -2.16. The normalized spacial score (nSPS) is 26.7. The molecule has 0 aliphatic heterocycles. The van der Waals surface area contributed by atoms with Crippen LogP contribution in [0.2, 0.25) is 0 Å². The number of ketones is 1. The zero-order valence-electron chi connectivity index (χ0n) is 8.13. The fourth-order valence-corrected chi connectivity index (χ4v) is 2.57. The molecule has 0 bridgehead atoms. The average molecular weight is 257 g/mol. The van der Waals surface area contributed by atoms with Crippen LogP contribution in [0.4, 0.5) is 0 Å². The molecule has 3 heteroatoms. The monoisotopic (exact) mass is 256 g/mol. The van der Waals surface area contributed by atoms with Gasteiger partial charge < -0.3 is 4.42 Å². The van der Waals surface area contributed by atoms with E-state index in [-0.39, 0.29) is 11.7 Å². The highest BCUT2D eigenvalue weighted by molar-refractivity contribution is 9.10. The van der Waals surface area contributed by atoms with Gasteiger partial charge in [0.25, 0.3) is 0 Å². The SMILES string of the molecule is CC1CCCC1C(=O)c1occc1Br. The molecule has 2 nitrogen and oxygen atoms in total. The molecule has 1 fully saturated rings. The van der Waals surface area contributed by atoms with Crippen molar-refractivity contribution in [2.24, 2.45) is 11.8 Å². The number of carbonyl (C=O) groups excluding carboxylic acids is 1. The second-order valence-electron chi connectivity index (χ2n) is 3.98. The Morgan fingerprint density at radius 1 is 1.57 bits per heavy atom. The third kappa shape index (κ3) is 1.65. The van der Waals surface area contributed by atoms with Gasteiger partial charge in [0.1, 0.15) is 0 Å². The fourth-order valence-electron chi connectivity index (χ4n) is 2.17. The molecule has 1 aliphatic carbocycles. The van der Waals surface area contributed by atoms with Crippen molar-refractivity contribution in [3.05, 3.63) is 22.6 Å². The van der Waals surface area contributed by atoms with Gasteiger partial charge in [-0.1, -0.05) is 13.3 Å². The standard InChI is InChI=1S/C11H13BrO2/c1-7-3-2-4-8(7)10(13)11-9(12)5-6-14-11/h5-8H,2-4H2,1H3. The molecule has 0 saturated heterocycles. The summed E-state index contributed by atoms with van der Waals surface area (Å²) < 4.78 is 5.97. The van der Waals surface area contributed by atoms with Gasteiger partial charge in [-0.25, -0.2) is 0 Å². The lowest BCUT2D eigenvalue weighted by Gasteiger charge is -2.11. The predicted molar refractivity (Wildman–Crippen MR) is 57.2 cm³/mol. The first-order chi connectivity index (χ1) is 6.70. The van der Waals surface area contributed by atoms with E-state index in [9.17, 15) is 4.79 Å². The molecule has 0 spiro atoms. The van der Waals surface area contributed by atoms with Crippen molar-refractivity contribution in [2.75, 3.05) is 0 Å². The predicted octanol–water partition coefficient (Wildman–Crippen LogP) is 3.66. The third-order valence-corrected chi connectivity index (χ3v) is 3.66. The zero-order chi connectivity index (χ0) is 10.1. The first-order valence-electron chi connectivity index (χ1n) is 4.97. The topological polar surface area (TPSA) is 30.2 Å². The molecule has 0 amide bonds. The Morgan fingerprint density at radius 3 is 2.86 bits per heavy atom. The summed E-state index contributed by atoms with van der Waals surface area (Å²) in [5.41, 5.74) is 0. The second kappa shape index (κ2) is 3.89. The number of carbonyl (C=O) groups is 1. The summed E-state index contributed by atoms with van der Waals surface area (Å²) in [6, 6.07) is 1.77.